The summed E-state index contributed by atoms with van der Waals surface area (Å²) in [6.07, 6.45) is -1.36. The fraction of sp³-hybridized carbons (Fsp3) is 0.278. The van der Waals surface area contributed by atoms with Crippen LogP contribution in [0, 0.1) is 10.1 Å². The number of carbonyl (C=O) groups excluding carboxylic acids is 2. The Morgan fingerprint density at radius 1 is 1.30 bits per heavy atom. The first-order valence-corrected chi connectivity index (χ1v) is 8.24. The molecule has 0 aliphatic carbocycles. The highest BCUT2D eigenvalue weighted by molar-refractivity contribution is 6.02. The monoisotopic (exact) mass is 371 g/mol. The molecule has 9 heteroatoms. The molecule has 1 aromatic carbocycles. The normalized spacial score (nSPS) is 15.9. The van der Waals surface area contributed by atoms with E-state index in [2.05, 4.69) is 4.98 Å². The van der Waals surface area contributed by atoms with Gasteiger partial charge in [-0.1, -0.05) is 30.3 Å². The van der Waals surface area contributed by atoms with E-state index in [1.54, 1.807) is 44.2 Å². The van der Waals surface area contributed by atoms with Crippen LogP contribution < -0.4 is 9.64 Å². The molecule has 3 rings (SSSR count). The summed E-state index contributed by atoms with van der Waals surface area (Å²) in [5.74, 6) is -1.56. The molecule has 1 aromatic heterocycles. The van der Waals surface area contributed by atoms with E-state index in [1.165, 1.54) is 12.1 Å². The SMILES string of the molecule is CC(C)OC(=O)CN1C(=O)C(c2ccccc2)Oc2ccc([N+](=O)[O-])nc21. The number of fused-ring (bicyclic) bond motifs is 1. The van der Waals surface area contributed by atoms with Crippen molar-refractivity contribution in [1.29, 1.82) is 0 Å². The summed E-state index contributed by atoms with van der Waals surface area (Å²) in [5, 5.41) is 11.0. The first-order chi connectivity index (χ1) is 12.9. The molecule has 1 amide bonds. The van der Waals surface area contributed by atoms with E-state index < -0.39 is 35.3 Å². The van der Waals surface area contributed by atoms with Gasteiger partial charge in [-0.15, -0.1) is 0 Å². The maximum atomic E-state index is 13.0. The summed E-state index contributed by atoms with van der Waals surface area (Å²) in [6, 6.07) is 11.3. The third kappa shape index (κ3) is 3.86. The summed E-state index contributed by atoms with van der Waals surface area (Å²) < 4.78 is 10.8. The van der Waals surface area contributed by atoms with Gasteiger partial charge in [0.15, 0.2) is 5.75 Å². The van der Waals surface area contributed by atoms with Crippen molar-refractivity contribution in [2.24, 2.45) is 0 Å². The molecule has 2 aromatic rings. The molecule has 2 heterocycles. The Labute approximate surface area is 154 Å². The maximum absolute atomic E-state index is 13.0. The van der Waals surface area contributed by atoms with Crippen LogP contribution in [0.5, 0.6) is 5.75 Å². The molecule has 0 spiro atoms. The molecule has 0 bridgehead atoms. The number of carbonyl (C=O) groups is 2. The van der Waals surface area contributed by atoms with Crippen LogP contribution in [0.15, 0.2) is 42.5 Å². The number of pyridine rings is 1. The van der Waals surface area contributed by atoms with Gasteiger partial charge in [-0.25, -0.2) is 0 Å². The Morgan fingerprint density at radius 3 is 2.63 bits per heavy atom. The van der Waals surface area contributed by atoms with Gasteiger partial charge in [-0.05, 0) is 29.8 Å². The highest BCUT2D eigenvalue weighted by Crippen LogP contribution is 2.38. The van der Waals surface area contributed by atoms with E-state index in [9.17, 15) is 19.7 Å². The lowest BCUT2D eigenvalue weighted by molar-refractivity contribution is -0.389. The minimum atomic E-state index is -0.992. The van der Waals surface area contributed by atoms with Crippen LogP contribution in [0.25, 0.3) is 0 Å². The minimum absolute atomic E-state index is 0.0814. The van der Waals surface area contributed by atoms with Crippen molar-refractivity contribution < 1.29 is 24.0 Å². The van der Waals surface area contributed by atoms with Gasteiger partial charge < -0.3 is 19.6 Å². The fourth-order valence-electron chi connectivity index (χ4n) is 2.66. The summed E-state index contributed by atoms with van der Waals surface area (Å²) in [4.78, 5) is 40.4. The van der Waals surface area contributed by atoms with Crippen molar-refractivity contribution in [1.82, 2.24) is 4.98 Å². The molecule has 0 saturated heterocycles. The Balaban J connectivity index is 2.01. The lowest BCUT2D eigenvalue weighted by Gasteiger charge is -2.30. The summed E-state index contributed by atoms with van der Waals surface area (Å²) >= 11 is 0. The van der Waals surface area contributed by atoms with E-state index in [4.69, 9.17) is 9.47 Å². The van der Waals surface area contributed by atoms with Gasteiger partial charge in [-0.3, -0.25) is 14.5 Å². The van der Waals surface area contributed by atoms with Gasteiger partial charge in [0.1, 0.15) is 6.54 Å². The summed E-state index contributed by atoms with van der Waals surface area (Å²) in [6.45, 7) is 2.94. The number of nitro groups is 1. The quantitative estimate of drug-likeness (QED) is 0.451. The molecule has 0 N–H and O–H groups in total. The summed E-state index contributed by atoms with van der Waals surface area (Å²) in [5.41, 5.74) is 0.591. The zero-order valence-electron chi connectivity index (χ0n) is 14.7. The maximum Gasteiger partial charge on any atom is 0.366 e. The van der Waals surface area contributed by atoms with Gasteiger partial charge in [0, 0.05) is 11.6 Å². The Hall–Kier alpha value is -3.49. The van der Waals surface area contributed by atoms with Gasteiger partial charge in [-0.2, -0.15) is 0 Å². The van der Waals surface area contributed by atoms with E-state index in [0.717, 1.165) is 4.90 Å². The van der Waals surface area contributed by atoms with Crippen LogP contribution >= 0.6 is 0 Å². The van der Waals surface area contributed by atoms with Crippen LogP contribution in [0.1, 0.15) is 25.5 Å². The van der Waals surface area contributed by atoms with Crippen LogP contribution in [-0.2, 0) is 14.3 Å². The highest BCUT2D eigenvalue weighted by Gasteiger charge is 2.41. The number of benzene rings is 1. The van der Waals surface area contributed by atoms with Crippen molar-refractivity contribution in [3.05, 3.63) is 58.1 Å². The molecule has 140 valence electrons. The van der Waals surface area contributed by atoms with Gasteiger partial charge in [0.2, 0.25) is 6.10 Å². The topological polar surface area (TPSA) is 112 Å². The third-order valence-corrected chi connectivity index (χ3v) is 3.76. The van der Waals surface area contributed by atoms with Crippen LogP contribution in [0.4, 0.5) is 11.6 Å². The van der Waals surface area contributed by atoms with E-state index in [1.807, 2.05) is 0 Å². The molecule has 1 aliphatic rings. The first kappa shape index (κ1) is 18.3. The minimum Gasteiger partial charge on any atom is -0.469 e. The van der Waals surface area contributed by atoms with Crippen molar-refractivity contribution in [3.63, 3.8) is 0 Å². The first-order valence-electron chi connectivity index (χ1n) is 8.24. The number of rotatable bonds is 5. The van der Waals surface area contributed by atoms with Gasteiger partial charge in [0.05, 0.1) is 6.10 Å². The number of ether oxygens (including phenoxy) is 2. The second kappa shape index (κ2) is 7.40. The molecule has 1 aliphatic heterocycles. The van der Waals surface area contributed by atoms with E-state index in [0.29, 0.717) is 5.56 Å². The van der Waals surface area contributed by atoms with Crippen LogP contribution in [-0.4, -0.2) is 34.4 Å². The standard InChI is InChI=1S/C18H17N3O6/c1-11(2)26-15(22)10-20-17-13(8-9-14(19-17)21(24)25)27-16(18(20)23)12-6-4-3-5-7-12/h3-9,11,16H,10H2,1-2H3. The number of nitrogens with zero attached hydrogens (tertiary/aromatic N) is 3. The Kier molecular flexibility index (Phi) is 5.02. The lowest BCUT2D eigenvalue weighted by atomic mass is 10.1. The smallest absolute Gasteiger partial charge is 0.366 e. The van der Waals surface area contributed by atoms with Crippen molar-refractivity contribution in [2.45, 2.75) is 26.1 Å². The Morgan fingerprint density at radius 2 is 2.00 bits per heavy atom. The second-order valence-electron chi connectivity index (χ2n) is 6.12. The molecule has 0 saturated carbocycles. The molecule has 1 unspecified atom stereocenters. The van der Waals surface area contributed by atoms with Gasteiger partial charge in [0.25, 0.3) is 11.7 Å². The molecule has 27 heavy (non-hydrogen) atoms. The lowest BCUT2D eigenvalue weighted by Crippen LogP contribution is -2.45. The molecule has 9 nitrogen and oxygen atoms in total. The second-order valence-corrected chi connectivity index (χ2v) is 6.12. The van der Waals surface area contributed by atoms with Crippen molar-refractivity contribution in [2.75, 3.05) is 11.4 Å². The number of aromatic nitrogens is 1. The number of anilines is 1. The summed E-state index contributed by atoms with van der Waals surface area (Å²) in [7, 11) is 0. The largest absolute Gasteiger partial charge is 0.469 e. The highest BCUT2D eigenvalue weighted by atomic mass is 16.6. The Bertz CT molecular complexity index is 884. The predicted octanol–water partition coefficient (Wildman–Crippen LogP) is 2.41. The van der Waals surface area contributed by atoms with Crippen molar-refractivity contribution in [3.8, 4) is 5.75 Å². The zero-order valence-corrected chi connectivity index (χ0v) is 14.7. The number of hydrogen-bond acceptors (Lipinski definition) is 7. The van der Waals surface area contributed by atoms with Crippen molar-refractivity contribution >= 4 is 23.5 Å². The molecular formula is C18H17N3O6. The van der Waals surface area contributed by atoms with E-state index in [-0.39, 0.29) is 17.7 Å². The molecule has 0 radical (unpaired) electrons. The number of hydrogen-bond donors (Lipinski definition) is 0. The average molecular weight is 371 g/mol. The van der Waals surface area contributed by atoms with E-state index >= 15 is 0 Å². The molecule has 0 fully saturated rings. The van der Waals surface area contributed by atoms with Crippen LogP contribution in [0.2, 0.25) is 0 Å². The number of esters is 1. The third-order valence-electron chi connectivity index (χ3n) is 3.76. The fourth-order valence-corrected chi connectivity index (χ4v) is 2.66. The van der Waals surface area contributed by atoms with Crippen LogP contribution in [0.3, 0.4) is 0 Å². The van der Waals surface area contributed by atoms with Gasteiger partial charge >= 0.3 is 11.8 Å². The number of amides is 1. The zero-order chi connectivity index (χ0) is 19.6. The molecule has 1 atom stereocenters. The predicted molar refractivity (Wildman–Crippen MR) is 94.3 cm³/mol. The molecular weight excluding hydrogens is 354 g/mol. The average Bonchev–Trinajstić information content (AvgIpc) is 2.63.